The molecule has 1 saturated carbocycles. The van der Waals surface area contributed by atoms with Crippen LogP contribution in [0, 0.1) is 17.2 Å². The molecule has 0 amide bonds. The van der Waals surface area contributed by atoms with Gasteiger partial charge in [0.1, 0.15) is 11.8 Å². The van der Waals surface area contributed by atoms with Crippen molar-refractivity contribution in [1.82, 2.24) is 9.97 Å². The lowest BCUT2D eigenvalue weighted by Gasteiger charge is -2.20. The van der Waals surface area contributed by atoms with E-state index in [1.165, 1.54) is 12.8 Å². The van der Waals surface area contributed by atoms with E-state index in [0.29, 0.717) is 11.6 Å². The van der Waals surface area contributed by atoms with Crippen LogP contribution in [0.5, 0.6) is 0 Å². The average molecular weight is 202 g/mol. The second-order valence-electron chi connectivity index (χ2n) is 3.84. The van der Waals surface area contributed by atoms with Crippen LogP contribution in [-0.2, 0) is 0 Å². The van der Waals surface area contributed by atoms with E-state index >= 15 is 0 Å². The molecule has 0 unspecified atom stereocenters. The Hall–Kier alpha value is -1.63. The Morgan fingerprint density at radius 1 is 1.60 bits per heavy atom. The molecule has 0 radical (unpaired) electrons. The molecule has 1 aliphatic carbocycles. The first-order chi connectivity index (χ1) is 7.33. The second-order valence-corrected chi connectivity index (χ2v) is 3.84. The summed E-state index contributed by atoms with van der Waals surface area (Å²) in [4.78, 5) is 10.5. The molecule has 1 aromatic rings. The minimum atomic E-state index is 0.439. The summed E-state index contributed by atoms with van der Waals surface area (Å²) in [7, 11) is 0. The Morgan fingerprint density at radius 2 is 2.40 bits per heavy atom. The smallest absolute Gasteiger partial charge is 0.226 e. The van der Waals surface area contributed by atoms with E-state index in [1.54, 1.807) is 12.3 Å². The summed E-state index contributed by atoms with van der Waals surface area (Å²) in [6, 6.07) is 3.67. The maximum absolute atomic E-state index is 8.75. The molecule has 1 fully saturated rings. The van der Waals surface area contributed by atoms with Gasteiger partial charge in [-0.05, 0) is 31.7 Å². The summed E-state index contributed by atoms with van der Waals surface area (Å²) >= 11 is 0. The quantitative estimate of drug-likeness (QED) is 0.744. The second kappa shape index (κ2) is 4.26. The summed E-state index contributed by atoms with van der Waals surface area (Å²) < 4.78 is 0. The fourth-order valence-corrected chi connectivity index (χ4v) is 1.53. The van der Waals surface area contributed by atoms with Gasteiger partial charge in [0.15, 0.2) is 0 Å². The largest absolute Gasteiger partial charge is 0.341 e. The number of nitriles is 1. The number of anilines is 1. The van der Waals surface area contributed by atoms with Gasteiger partial charge in [-0.15, -0.1) is 0 Å². The molecule has 15 heavy (non-hydrogen) atoms. The lowest BCUT2D eigenvalue weighted by Crippen LogP contribution is -2.27. The molecular formula is C11H14N4. The molecule has 1 aromatic heterocycles. The first-order valence-corrected chi connectivity index (χ1v) is 5.31. The molecule has 4 nitrogen and oxygen atoms in total. The van der Waals surface area contributed by atoms with Crippen molar-refractivity contribution in [3.63, 3.8) is 0 Å². The molecule has 0 spiro atoms. The lowest BCUT2D eigenvalue weighted by atomic mass is 10.3. The fraction of sp³-hybridized carbons (Fsp3) is 0.545. The standard InChI is InChI=1S/C11H14N4/c1-2-15(8-9-3-4-9)11-13-6-5-10(7-12)14-11/h5-6,9H,2-4,8H2,1H3. The highest BCUT2D eigenvalue weighted by atomic mass is 15.2. The normalized spacial score (nSPS) is 14.7. The SMILES string of the molecule is CCN(CC1CC1)c1nccc(C#N)n1. The molecule has 78 valence electrons. The number of hydrogen-bond acceptors (Lipinski definition) is 4. The number of nitrogens with zero attached hydrogens (tertiary/aromatic N) is 4. The topological polar surface area (TPSA) is 52.8 Å². The molecule has 1 heterocycles. The lowest BCUT2D eigenvalue weighted by molar-refractivity contribution is 0.719. The Balaban J connectivity index is 2.13. The molecule has 1 aliphatic rings. The van der Waals surface area contributed by atoms with Crippen molar-refractivity contribution in [1.29, 1.82) is 5.26 Å². The third-order valence-electron chi connectivity index (χ3n) is 2.60. The molecule has 0 bridgehead atoms. The van der Waals surface area contributed by atoms with Crippen molar-refractivity contribution in [2.45, 2.75) is 19.8 Å². The van der Waals surface area contributed by atoms with E-state index in [9.17, 15) is 0 Å². The van der Waals surface area contributed by atoms with Gasteiger partial charge < -0.3 is 4.90 Å². The van der Waals surface area contributed by atoms with E-state index in [0.717, 1.165) is 19.0 Å². The van der Waals surface area contributed by atoms with Gasteiger partial charge >= 0.3 is 0 Å². The number of hydrogen-bond donors (Lipinski definition) is 0. The van der Waals surface area contributed by atoms with Crippen LogP contribution in [0.25, 0.3) is 0 Å². The highest BCUT2D eigenvalue weighted by Crippen LogP contribution is 2.30. The highest BCUT2D eigenvalue weighted by molar-refractivity contribution is 5.33. The third-order valence-corrected chi connectivity index (χ3v) is 2.60. The number of aromatic nitrogens is 2. The van der Waals surface area contributed by atoms with Crippen LogP contribution in [-0.4, -0.2) is 23.1 Å². The summed E-state index contributed by atoms with van der Waals surface area (Å²) in [5.74, 6) is 1.49. The van der Waals surface area contributed by atoms with Gasteiger partial charge in [0.2, 0.25) is 5.95 Å². The van der Waals surface area contributed by atoms with Gasteiger partial charge in [-0.3, -0.25) is 0 Å². The van der Waals surface area contributed by atoms with Crippen LogP contribution in [0.1, 0.15) is 25.5 Å². The number of rotatable bonds is 4. The minimum Gasteiger partial charge on any atom is -0.341 e. The van der Waals surface area contributed by atoms with E-state index in [2.05, 4.69) is 21.8 Å². The minimum absolute atomic E-state index is 0.439. The maximum atomic E-state index is 8.75. The van der Waals surface area contributed by atoms with Crippen LogP contribution in [0.4, 0.5) is 5.95 Å². The first kappa shape index (κ1) is 9.91. The molecule has 0 aliphatic heterocycles. The molecule has 0 aromatic carbocycles. The van der Waals surface area contributed by atoms with Crippen molar-refractivity contribution in [3.8, 4) is 6.07 Å². The van der Waals surface area contributed by atoms with Crippen LogP contribution in [0.3, 0.4) is 0 Å². The van der Waals surface area contributed by atoms with Crippen molar-refractivity contribution in [2.24, 2.45) is 5.92 Å². The van der Waals surface area contributed by atoms with E-state index in [4.69, 9.17) is 5.26 Å². The van der Waals surface area contributed by atoms with Gasteiger partial charge in [-0.25, -0.2) is 9.97 Å². The predicted molar refractivity (Wildman–Crippen MR) is 57.4 cm³/mol. The summed E-state index contributed by atoms with van der Waals surface area (Å²) in [5.41, 5.74) is 0.439. The van der Waals surface area contributed by atoms with Crippen LogP contribution in [0.2, 0.25) is 0 Å². The van der Waals surface area contributed by atoms with Gasteiger partial charge in [0, 0.05) is 19.3 Å². The molecule has 0 N–H and O–H groups in total. The average Bonchev–Trinajstić information content (AvgIpc) is 3.10. The Kier molecular flexibility index (Phi) is 2.82. The molecule has 0 saturated heterocycles. The van der Waals surface area contributed by atoms with Crippen molar-refractivity contribution < 1.29 is 0 Å². The molecule has 0 atom stereocenters. The van der Waals surface area contributed by atoms with Crippen LogP contribution >= 0.6 is 0 Å². The van der Waals surface area contributed by atoms with Crippen molar-refractivity contribution in [3.05, 3.63) is 18.0 Å². The van der Waals surface area contributed by atoms with Gasteiger partial charge in [0.05, 0.1) is 0 Å². The van der Waals surface area contributed by atoms with Gasteiger partial charge in [0.25, 0.3) is 0 Å². The fourth-order valence-electron chi connectivity index (χ4n) is 1.53. The zero-order valence-corrected chi connectivity index (χ0v) is 8.85. The zero-order valence-electron chi connectivity index (χ0n) is 8.85. The monoisotopic (exact) mass is 202 g/mol. The Morgan fingerprint density at radius 3 is 3.00 bits per heavy atom. The summed E-state index contributed by atoms with van der Waals surface area (Å²) in [6.07, 6.45) is 4.28. The van der Waals surface area contributed by atoms with Crippen LogP contribution in [0.15, 0.2) is 12.3 Å². The van der Waals surface area contributed by atoms with E-state index in [1.807, 2.05) is 6.07 Å². The predicted octanol–water partition coefficient (Wildman–Crippen LogP) is 1.58. The van der Waals surface area contributed by atoms with Gasteiger partial charge in [-0.1, -0.05) is 0 Å². The Labute approximate surface area is 89.6 Å². The highest BCUT2D eigenvalue weighted by Gasteiger charge is 2.24. The maximum Gasteiger partial charge on any atom is 0.226 e. The summed E-state index contributed by atoms with van der Waals surface area (Å²) in [5, 5.41) is 8.75. The van der Waals surface area contributed by atoms with E-state index in [-0.39, 0.29) is 0 Å². The van der Waals surface area contributed by atoms with Gasteiger partial charge in [-0.2, -0.15) is 5.26 Å². The molecular weight excluding hydrogens is 188 g/mol. The Bertz CT molecular complexity index is 378. The molecule has 4 heteroatoms. The third kappa shape index (κ3) is 2.44. The summed E-state index contributed by atoms with van der Waals surface area (Å²) in [6.45, 7) is 4.00. The van der Waals surface area contributed by atoms with Crippen molar-refractivity contribution in [2.75, 3.05) is 18.0 Å². The zero-order chi connectivity index (χ0) is 10.7. The van der Waals surface area contributed by atoms with Crippen LogP contribution < -0.4 is 4.90 Å². The van der Waals surface area contributed by atoms with E-state index < -0.39 is 0 Å². The first-order valence-electron chi connectivity index (χ1n) is 5.31. The van der Waals surface area contributed by atoms with Crippen molar-refractivity contribution >= 4 is 5.95 Å². The molecule has 2 rings (SSSR count).